The number of aryl methyl sites for hydroxylation is 1. The van der Waals surface area contributed by atoms with Crippen LogP contribution < -0.4 is 11.1 Å². The van der Waals surface area contributed by atoms with Gasteiger partial charge in [-0.2, -0.15) is 0 Å². The number of alkyl halides is 2. The maximum Gasteiger partial charge on any atom is 0.277 e. The minimum absolute atomic E-state index is 0. The molecule has 1 unspecified atom stereocenters. The number of nitro groups is 1. The highest BCUT2D eigenvalue weighted by atomic mass is 35.5. The van der Waals surface area contributed by atoms with Gasteiger partial charge in [0.2, 0.25) is 5.91 Å². The first-order valence-electron chi connectivity index (χ1n) is 8.08. The summed E-state index contributed by atoms with van der Waals surface area (Å²) < 4.78 is 26.4. The van der Waals surface area contributed by atoms with Gasteiger partial charge in [0.05, 0.1) is 18.0 Å². The van der Waals surface area contributed by atoms with E-state index in [2.05, 4.69) is 5.32 Å². The number of amides is 2. The van der Waals surface area contributed by atoms with Crippen molar-refractivity contribution < 1.29 is 23.3 Å². The van der Waals surface area contributed by atoms with Crippen molar-refractivity contribution in [2.75, 3.05) is 19.6 Å². The Morgan fingerprint density at radius 1 is 1.44 bits per heavy atom. The minimum atomic E-state index is -3.21. The molecule has 1 aromatic carbocycles. The van der Waals surface area contributed by atoms with Crippen LogP contribution in [0, 0.1) is 17.0 Å². The summed E-state index contributed by atoms with van der Waals surface area (Å²) in [5.74, 6) is -4.34. The van der Waals surface area contributed by atoms with Crippen molar-refractivity contribution in [3.63, 3.8) is 0 Å². The van der Waals surface area contributed by atoms with Crippen molar-refractivity contribution in [1.29, 1.82) is 0 Å². The fourth-order valence-electron chi connectivity index (χ4n) is 2.85. The van der Waals surface area contributed by atoms with Crippen LogP contribution in [0.3, 0.4) is 0 Å². The topological polar surface area (TPSA) is 119 Å². The second-order valence-corrected chi connectivity index (χ2v) is 6.19. The Labute approximate surface area is 160 Å². The SMILES string of the molecule is Cc1cc(C(=O)N2CCCC2C(=O)NCC(F)(F)CN)ccc1[N+](=O)[O-].Cl. The Bertz CT molecular complexity index is 732. The van der Waals surface area contributed by atoms with Gasteiger partial charge in [0, 0.05) is 23.7 Å². The van der Waals surface area contributed by atoms with Gasteiger partial charge in [-0.3, -0.25) is 19.7 Å². The lowest BCUT2D eigenvalue weighted by Crippen LogP contribution is -2.49. The van der Waals surface area contributed by atoms with Crippen molar-refractivity contribution in [2.24, 2.45) is 5.73 Å². The molecule has 0 aromatic heterocycles. The van der Waals surface area contributed by atoms with Gasteiger partial charge in [-0.25, -0.2) is 8.78 Å². The summed E-state index contributed by atoms with van der Waals surface area (Å²) in [6, 6.07) is 3.08. The highest BCUT2D eigenvalue weighted by Gasteiger charge is 2.36. The molecule has 2 amide bonds. The number of hydrogen-bond donors (Lipinski definition) is 2. The zero-order valence-corrected chi connectivity index (χ0v) is 15.4. The number of nitrogens with two attached hydrogens (primary N) is 1. The number of benzene rings is 1. The van der Waals surface area contributed by atoms with Crippen LogP contribution in [-0.2, 0) is 4.79 Å². The van der Waals surface area contributed by atoms with Crippen molar-refractivity contribution in [1.82, 2.24) is 10.2 Å². The highest BCUT2D eigenvalue weighted by Crippen LogP contribution is 2.24. The highest BCUT2D eigenvalue weighted by molar-refractivity contribution is 5.98. The van der Waals surface area contributed by atoms with Gasteiger partial charge < -0.3 is 16.0 Å². The smallest absolute Gasteiger partial charge is 0.277 e. The maximum absolute atomic E-state index is 13.2. The summed E-state index contributed by atoms with van der Waals surface area (Å²) in [4.78, 5) is 36.5. The second kappa shape index (κ2) is 9.05. The zero-order valence-electron chi connectivity index (χ0n) is 14.6. The standard InChI is InChI=1S/C16H20F2N4O4.ClH/c1-10-7-11(4-5-12(10)22(25)26)15(24)21-6-2-3-13(21)14(23)20-9-16(17,18)8-19;/h4-5,7,13H,2-3,6,8-9,19H2,1H3,(H,20,23);1H. The Hall–Kier alpha value is -2.33. The normalized spacial score (nSPS) is 16.6. The lowest BCUT2D eigenvalue weighted by Gasteiger charge is -2.25. The third kappa shape index (κ3) is 5.33. The van der Waals surface area contributed by atoms with Crippen molar-refractivity contribution in [3.8, 4) is 0 Å². The number of nitro benzene ring substituents is 1. The molecular formula is C16H21ClF2N4O4. The molecule has 1 aromatic rings. The van der Waals surface area contributed by atoms with Crippen LogP contribution in [0.5, 0.6) is 0 Å². The van der Waals surface area contributed by atoms with Crippen LogP contribution in [0.15, 0.2) is 18.2 Å². The van der Waals surface area contributed by atoms with Crippen molar-refractivity contribution >= 4 is 29.9 Å². The molecule has 3 N–H and O–H groups in total. The molecule has 150 valence electrons. The molecule has 0 saturated carbocycles. The summed E-state index contributed by atoms with van der Waals surface area (Å²) in [5, 5.41) is 13.0. The molecular weight excluding hydrogens is 386 g/mol. The van der Waals surface area contributed by atoms with E-state index in [1.807, 2.05) is 0 Å². The van der Waals surface area contributed by atoms with E-state index < -0.39 is 41.8 Å². The number of nitrogens with one attached hydrogen (secondary N) is 1. The molecule has 27 heavy (non-hydrogen) atoms. The third-order valence-electron chi connectivity index (χ3n) is 4.28. The number of halogens is 3. The molecule has 11 heteroatoms. The van der Waals surface area contributed by atoms with E-state index in [1.54, 1.807) is 0 Å². The largest absolute Gasteiger partial charge is 0.348 e. The minimum Gasteiger partial charge on any atom is -0.348 e. The van der Waals surface area contributed by atoms with Crippen molar-refractivity contribution in [3.05, 3.63) is 39.4 Å². The number of likely N-dealkylation sites (tertiary alicyclic amines) is 1. The fourth-order valence-corrected chi connectivity index (χ4v) is 2.85. The van der Waals surface area contributed by atoms with E-state index in [9.17, 15) is 28.5 Å². The number of carbonyl (C=O) groups excluding carboxylic acids is 2. The van der Waals surface area contributed by atoms with Gasteiger partial charge in [-0.1, -0.05) is 0 Å². The van der Waals surface area contributed by atoms with Crippen LogP contribution in [0.25, 0.3) is 0 Å². The van der Waals surface area contributed by atoms with Crippen LogP contribution in [0.2, 0.25) is 0 Å². The first-order valence-corrected chi connectivity index (χ1v) is 8.08. The van der Waals surface area contributed by atoms with Gasteiger partial charge in [0.25, 0.3) is 17.5 Å². The third-order valence-corrected chi connectivity index (χ3v) is 4.28. The van der Waals surface area contributed by atoms with E-state index in [0.29, 0.717) is 24.9 Å². The van der Waals surface area contributed by atoms with Crippen LogP contribution in [-0.4, -0.2) is 53.2 Å². The first kappa shape index (κ1) is 22.7. The Morgan fingerprint density at radius 3 is 2.67 bits per heavy atom. The predicted molar refractivity (Wildman–Crippen MR) is 96.2 cm³/mol. The van der Waals surface area contributed by atoms with E-state index in [0.717, 1.165) is 0 Å². The van der Waals surface area contributed by atoms with Gasteiger partial charge in [-0.15, -0.1) is 12.4 Å². The number of rotatable bonds is 6. The van der Waals surface area contributed by atoms with Crippen LogP contribution in [0.4, 0.5) is 14.5 Å². The fraction of sp³-hybridized carbons (Fsp3) is 0.500. The molecule has 1 aliphatic heterocycles. The quantitative estimate of drug-likeness (QED) is 0.550. The molecule has 2 rings (SSSR count). The summed E-state index contributed by atoms with van der Waals surface area (Å²) in [5.41, 5.74) is 5.35. The Kier molecular flexibility index (Phi) is 7.61. The van der Waals surface area contributed by atoms with Gasteiger partial charge >= 0.3 is 0 Å². The van der Waals surface area contributed by atoms with Crippen LogP contribution >= 0.6 is 12.4 Å². The van der Waals surface area contributed by atoms with Gasteiger partial charge in [0.15, 0.2) is 0 Å². The molecule has 1 saturated heterocycles. The summed E-state index contributed by atoms with van der Waals surface area (Å²) in [7, 11) is 0. The molecule has 0 aliphatic carbocycles. The Balaban J connectivity index is 0.00000364. The van der Waals surface area contributed by atoms with Crippen molar-refractivity contribution in [2.45, 2.75) is 31.7 Å². The lowest BCUT2D eigenvalue weighted by molar-refractivity contribution is -0.385. The number of nitrogens with zero attached hydrogens (tertiary/aromatic N) is 2. The molecule has 0 spiro atoms. The summed E-state index contributed by atoms with van der Waals surface area (Å²) in [6.45, 7) is 0.0401. The average molecular weight is 407 g/mol. The molecule has 1 atom stereocenters. The lowest BCUT2D eigenvalue weighted by atomic mass is 10.1. The molecule has 8 nitrogen and oxygen atoms in total. The monoisotopic (exact) mass is 406 g/mol. The maximum atomic E-state index is 13.2. The van der Waals surface area contributed by atoms with Gasteiger partial charge in [0.1, 0.15) is 6.04 Å². The molecule has 0 radical (unpaired) electrons. The first-order chi connectivity index (χ1) is 12.2. The number of hydrogen-bond acceptors (Lipinski definition) is 5. The zero-order chi connectivity index (χ0) is 19.5. The van der Waals surface area contributed by atoms with E-state index >= 15 is 0 Å². The van der Waals surface area contributed by atoms with Gasteiger partial charge in [-0.05, 0) is 31.9 Å². The summed E-state index contributed by atoms with van der Waals surface area (Å²) in [6.07, 6.45) is 0.917. The van der Waals surface area contributed by atoms with Crippen LogP contribution in [0.1, 0.15) is 28.8 Å². The predicted octanol–water partition coefficient (Wildman–Crippen LogP) is 1.64. The molecule has 0 bridgehead atoms. The molecule has 1 fully saturated rings. The Morgan fingerprint density at radius 2 is 2.11 bits per heavy atom. The van der Waals surface area contributed by atoms with E-state index in [1.165, 1.54) is 30.0 Å². The second-order valence-electron chi connectivity index (χ2n) is 6.19. The van der Waals surface area contributed by atoms with E-state index in [-0.39, 0.29) is 23.7 Å². The number of carbonyl (C=O) groups is 2. The average Bonchev–Trinajstić information content (AvgIpc) is 3.08. The molecule has 1 aliphatic rings. The summed E-state index contributed by atoms with van der Waals surface area (Å²) >= 11 is 0. The van der Waals surface area contributed by atoms with E-state index in [4.69, 9.17) is 5.73 Å². The molecule has 1 heterocycles.